The average Bonchev–Trinajstić information content (AvgIpc) is 2.17. The third-order valence-corrected chi connectivity index (χ3v) is 1.79. The Hall–Kier alpha value is -1.84. The summed E-state index contributed by atoms with van der Waals surface area (Å²) < 4.78 is 13.2. The molecule has 1 rings (SSSR count). The topological polar surface area (TPSA) is 49.3 Å². The number of carboxylic acids is 1. The maximum Gasteiger partial charge on any atom is 0.328 e. The van der Waals surface area contributed by atoms with Gasteiger partial charge in [-0.1, -0.05) is 12.1 Å². The zero-order valence-electron chi connectivity index (χ0n) is 8.33. The lowest BCUT2D eigenvalue weighted by Crippen LogP contribution is -2.01. The first-order chi connectivity index (χ1) is 7.09. The maximum absolute atomic E-state index is 13.2. The number of carboxylic acid groups (broad SMARTS) is 1. The summed E-state index contributed by atoms with van der Waals surface area (Å²) in [6.07, 6.45) is 2.44. The summed E-state index contributed by atoms with van der Waals surface area (Å²) in [7, 11) is 0. The summed E-state index contributed by atoms with van der Waals surface area (Å²) in [5.41, 5.74) is 1.33. The average molecular weight is 209 g/mol. The summed E-state index contributed by atoms with van der Waals surface area (Å²) in [5, 5.41) is 11.1. The van der Waals surface area contributed by atoms with Crippen molar-refractivity contribution in [1.29, 1.82) is 0 Å². The Labute approximate surface area is 87.2 Å². The Morgan fingerprint density at radius 3 is 3.00 bits per heavy atom. The van der Waals surface area contributed by atoms with Gasteiger partial charge in [-0.3, -0.25) is 0 Å². The number of halogens is 1. The number of hydrogen-bond donors (Lipinski definition) is 2. The number of nitrogens with one attached hydrogen (secondary N) is 1. The van der Waals surface area contributed by atoms with Gasteiger partial charge in [-0.2, -0.15) is 0 Å². The Bertz CT molecular complexity index is 388. The van der Waals surface area contributed by atoms with Crippen molar-refractivity contribution in [1.82, 2.24) is 0 Å². The van der Waals surface area contributed by atoms with Crippen LogP contribution in [-0.4, -0.2) is 17.6 Å². The molecule has 0 bridgehead atoms. The molecular weight excluding hydrogens is 197 g/mol. The molecule has 0 saturated carbocycles. The number of benzene rings is 1. The fraction of sp³-hybridized carbons (Fsp3) is 0.182. The molecule has 15 heavy (non-hydrogen) atoms. The van der Waals surface area contributed by atoms with Crippen molar-refractivity contribution >= 4 is 11.7 Å². The van der Waals surface area contributed by atoms with Gasteiger partial charge in [-0.15, -0.1) is 0 Å². The predicted octanol–water partition coefficient (Wildman–Crippen LogP) is 2.19. The van der Waals surface area contributed by atoms with Gasteiger partial charge in [-0.05, 0) is 24.6 Å². The summed E-state index contributed by atoms with van der Waals surface area (Å²) in [6.45, 7) is 2.14. The van der Waals surface area contributed by atoms with E-state index in [1.807, 2.05) is 6.92 Å². The van der Waals surface area contributed by atoms with Crippen LogP contribution in [0.25, 0.3) is 0 Å². The summed E-state index contributed by atoms with van der Waals surface area (Å²) in [6, 6.07) is 4.72. The molecule has 0 aromatic heterocycles. The zero-order valence-corrected chi connectivity index (χ0v) is 8.33. The molecule has 0 aliphatic carbocycles. The first kappa shape index (κ1) is 11.2. The van der Waals surface area contributed by atoms with E-state index in [4.69, 9.17) is 5.11 Å². The van der Waals surface area contributed by atoms with Gasteiger partial charge < -0.3 is 10.4 Å². The molecule has 0 fully saturated rings. The number of rotatable bonds is 4. The molecule has 0 atom stereocenters. The van der Waals surface area contributed by atoms with Crippen LogP contribution in [0.3, 0.4) is 0 Å². The van der Waals surface area contributed by atoms with Crippen molar-refractivity contribution in [2.75, 3.05) is 11.9 Å². The molecule has 0 saturated heterocycles. The van der Waals surface area contributed by atoms with Crippen molar-refractivity contribution in [3.8, 4) is 0 Å². The monoisotopic (exact) mass is 209 g/mol. The Morgan fingerprint density at radius 1 is 1.60 bits per heavy atom. The molecule has 80 valence electrons. The summed E-state index contributed by atoms with van der Waals surface area (Å²) >= 11 is 0. The van der Waals surface area contributed by atoms with E-state index in [2.05, 4.69) is 5.32 Å². The Kier molecular flexibility index (Phi) is 3.85. The fourth-order valence-electron chi connectivity index (χ4n) is 1.10. The normalized spacial score (nSPS) is 10.5. The van der Waals surface area contributed by atoms with Crippen molar-refractivity contribution in [3.05, 3.63) is 41.7 Å². The summed E-state index contributed by atoms with van der Waals surface area (Å²) in [5.74, 6) is -1.36. The molecular formula is C11H12FNO2. The second kappa shape index (κ2) is 5.14. The predicted molar refractivity (Wildman–Crippen MR) is 56.4 cm³/mol. The largest absolute Gasteiger partial charge is 0.478 e. The van der Waals surface area contributed by atoms with E-state index in [-0.39, 0.29) is 12.4 Å². The van der Waals surface area contributed by atoms with Gasteiger partial charge in [0.25, 0.3) is 0 Å². The quantitative estimate of drug-likeness (QED) is 0.747. The molecule has 0 unspecified atom stereocenters. The fourth-order valence-corrected chi connectivity index (χ4v) is 1.10. The van der Waals surface area contributed by atoms with Gasteiger partial charge >= 0.3 is 5.97 Å². The Balaban J connectivity index is 2.57. The van der Waals surface area contributed by atoms with Crippen LogP contribution in [-0.2, 0) is 4.79 Å². The second-order valence-corrected chi connectivity index (χ2v) is 3.10. The van der Waals surface area contributed by atoms with Crippen LogP contribution in [0.15, 0.2) is 30.4 Å². The van der Waals surface area contributed by atoms with Gasteiger partial charge in [0.05, 0.1) is 5.69 Å². The molecule has 1 aromatic rings. The molecule has 0 aliphatic heterocycles. The third kappa shape index (κ3) is 3.81. The number of aliphatic carboxylic acids is 1. The molecule has 4 heteroatoms. The lowest BCUT2D eigenvalue weighted by molar-refractivity contribution is -0.131. The lowest BCUT2D eigenvalue weighted by atomic mass is 10.2. The highest BCUT2D eigenvalue weighted by Crippen LogP contribution is 2.14. The standard InChI is InChI=1S/C11H12FNO2/c1-8-4-5-9(12)10(7-8)13-6-2-3-11(14)15/h2-5,7,13H,6H2,1H3,(H,14,15)/b3-2+. The molecule has 1 aromatic carbocycles. The molecule has 0 aliphatic rings. The van der Waals surface area contributed by atoms with Gasteiger partial charge in [0.15, 0.2) is 0 Å². The SMILES string of the molecule is Cc1ccc(F)c(NC/C=C/C(=O)O)c1. The van der Waals surface area contributed by atoms with Gasteiger partial charge in [-0.25, -0.2) is 9.18 Å². The van der Waals surface area contributed by atoms with Gasteiger partial charge in [0, 0.05) is 12.6 Å². The van der Waals surface area contributed by atoms with Crippen LogP contribution in [0, 0.1) is 12.7 Å². The van der Waals surface area contributed by atoms with Crippen molar-refractivity contribution < 1.29 is 14.3 Å². The minimum atomic E-state index is -1.01. The molecule has 2 N–H and O–H groups in total. The molecule has 0 heterocycles. The van der Waals surface area contributed by atoms with Crippen molar-refractivity contribution in [2.24, 2.45) is 0 Å². The zero-order chi connectivity index (χ0) is 11.3. The van der Waals surface area contributed by atoms with Crippen LogP contribution in [0.2, 0.25) is 0 Å². The van der Waals surface area contributed by atoms with Crippen molar-refractivity contribution in [2.45, 2.75) is 6.92 Å². The van der Waals surface area contributed by atoms with E-state index >= 15 is 0 Å². The summed E-state index contributed by atoms with van der Waals surface area (Å²) in [4.78, 5) is 10.1. The molecule has 0 spiro atoms. The van der Waals surface area contributed by atoms with Crippen molar-refractivity contribution in [3.63, 3.8) is 0 Å². The van der Waals surface area contributed by atoms with Crippen LogP contribution >= 0.6 is 0 Å². The smallest absolute Gasteiger partial charge is 0.328 e. The highest BCUT2D eigenvalue weighted by Gasteiger charge is 1.99. The van der Waals surface area contributed by atoms with E-state index in [1.54, 1.807) is 12.1 Å². The molecule has 0 radical (unpaired) electrons. The third-order valence-electron chi connectivity index (χ3n) is 1.79. The van der Waals surface area contributed by atoms with Crippen LogP contribution in [0.5, 0.6) is 0 Å². The second-order valence-electron chi connectivity index (χ2n) is 3.10. The first-order valence-corrected chi connectivity index (χ1v) is 4.49. The number of carbonyl (C=O) groups is 1. The molecule has 3 nitrogen and oxygen atoms in total. The van der Waals surface area contributed by atoms with E-state index in [0.717, 1.165) is 11.6 Å². The van der Waals surface area contributed by atoms with Crippen LogP contribution in [0.4, 0.5) is 10.1 Å². The highest BCUT2D eigenvalue weighted by atomic mass is 19.1. The van der Waals surface area contributed by atoms with E-state index in [9.17, 15) is 9.18 Å². The highest BCUT2D eigenvalue weighted by molar-refractivity contribution is 5.79. The van der Waals surface area contributed by atoms with Crippen LogP contribution < -0.4 is 5.32 Å². The maximum atomic E-state index is 13.2. The van der Waals surface area contributed by atoms with E-state index in [1.165, 1.54) is 12.1 Å². The minimum absolute atomic E-state index is 0.284. The number of hydrogen-bond acceptors (Lipinski definition) is 2. The lowest BCUT2D eigenvalue weighted by Gasteiger charge is -2.05. The minimum Gasteiger partial charge on any atom is -0.478 e. The number of aryl methyl sites for hydroxylation is 1. The molecule has 0 amide bonds. The number of anilines is 1. The van der Waals surface area contributed by atoms with Gasteiger partial charge in [0.2, 0.25) is 0 Å². The van der Waals surface area contributed by atoms with E-state index < -0.39 is 5.97 Å². The Morgan fingerprint density at radius 2 is 2.33 bits per heavy atom. The first-order valence-electron chi connectivity index (χ1n) is 4.49. The van der Waals surface area contributed by atoms with E-state index in [0.29, 0.717) is 5.69 Å². The van der Waals surface area contributed by atoms with Gasteiger partial charge in [0.1, 0.15) is 5.82 Å². The van der Waals surface area contributed by atoms with Crippen LogP contribution in [0.1, 0.15) is 5.56 Å².